The van der Waals surface area contributed by atoms with Gasteiger partial charge in [0.15, 0.2) is 0 Å². The minimum Gasteiger partial charge on any atom is -0.342 e. The molecule has 1 aliphatic rings. The normalized spacial score (nSPS) is 25.8. The maximum Gasteiger partial charge on any atom is 0.247 e. The molecular formula is C15H24N2O2. The number of carbonyl (C=O) groups excluding carboxylic acids is 2. The van der Waals surface area contributed by atoms with Crippen molar-refractivity contribution in [3.05, 3.63) is 0 Å². The Labute approximate surface area is 115 Å². The molecule has 2 amide bonds. The Morgan fingerprint density at radius 3 is 2.32 bits per heavy atom. The van der Waals surface area contributed by atoms with Crippen LogP contribution in [0.1, 0.15) is 47.5 Å². The van der Waals surface area contributed by atoms with E-state index in [9.17, 15) is 9.59 Å². The number of nitrogens with one attached hydrogen (secondary N) is 1. The number of hydrogen-bond donors (Lipinski definition) is 1. The molecule has 0 aliphatic carbocycles. The van der Waals surface area contributed by atoms with Gasteiger partial charge in [-0.15, -0.1) is 6.42 Å². The highest BCUT2D eigenvalue weighted by Crippen LogP contribution is 2.27. The predicted molar refractivity (Wildman–Crippen MR) is 75.2 cm³/mol. The van der Waals surface area contributed by atoms with Gasteiger partial charge in [0.2, 0.25) is 11.8 Å². The first-order valence-corrected chi connectivity index (χ1v) is 6.86. The fourth-order valence-corrected chi connectivity index (χ4v) is 2.46. The zero-order valence-electron chi connectivity index (χ0n) is 12.5. The molecule has 1 N–H and O–H groups in total. The first-order valence-electron chi connectivity index (χ1n) is 6.86. The van der Waals surface area contributed by atoms with Crippen molar-refractivity contribution in [1.29, 1.82) is 0 Å². The number of rotatable bonds is 3. The third kappa shape index (κ3) is 2.91. The fraction of sp³-hybridized carbons (Fsp3) is 0.733. The third-order valence-electron chi connectivity index (χ3n) is 3.59. The van der Waals surface area contributed by atoms with Crippen molar-refractivity contribution >= 4 is 11.8 Å². The Morgan fingerprint density at radius 1 is 1.37 bits per heavy atom. The van der Waals surface area contributed by atoms with E-state index in [1.54, 1.807) is 4.90 Å². The number of terminal acetylenes is 1. The zero-order chi connectivity index (χ0) is 14.8. The summed E-state index contributed by atoms with van der Waals surface area (Å²) in [5.74, 6) is 2.47. The highest BCUT2D eigenvalue weighted by molar-refractivity contribution is 5.97. The van der Waals surface area contributed by atoms with Gasteiger partial charge in [-0.25, -0.2) is 0 Å². The number of amides is 2. The lowest BCUT2D eigenvalue weighted by atomic mass is 9.83. The van der Waals surface area contributed by atoms with E-state index in [1.165, 1.54) is 0 Å². The van der Waals surface area contributed by atoms with Crippen molar-refractivity contribution in [2.75, 3.05) is 0 Å². The van der Waals surface area contributed by atoms with Crippen LogP contribution in [0.2, 0.25) is 0 Å². The van der Waals surface area contributed by atoms with Crippen LogP contribution in [0.4, 0.5) is 0 Å². The zero-order valence-corrected chi connectivity index (χ0v) is 12.5. The van der Waals surface area contributed by atoms with Crippen molar-refractivity contribution in [3.8, 4) is 12.3 Å². The van der Waals surface area contributed by atoms with Crippen LogP contribution < -0.4 is 5.32 Å². The molecular weight excluding hydrogens is 240 g/mol. The Balaban J connectivity index is 3.17. The molecule has 0 aromatic carbocycles. The van der Waals surface area contributed by atoms with Crippen LogP contribution in [0.3, 0.4) is 0 Å². The summed E-state index contributed by atoms with van der Waals surface area (Å²) in [6.07, 6.45) is 6.75. The summed E-state index contributed by atoms with van der Waals surface area (Å²) in [5, 5.41) is 2.84. The number of piperazine rings is 1. The van der Waals surface area contributed by atoms with E-state index in [4.69, 9.17) is 6.42 Å². The van der Waals surface area contributed by atoms with Crippen molar-refractivity contribution in [2.24, 2.45) is 5.41 Å². The summed E-state index contributed by atoms with van der Waals surface area (Å²) >= 11 is 0. The number of carbonyl (C=O) groups is 2. The molecule has 4 nitrogen and oxygen atoms in total. The highest BCUT2D eigenvalue weighted by atomic mass is 16.2. The van der Waals surface area contributed by atoms with E-state index in [1.807, 2.05) is 34.6 Å². The topological polar surface area (TPSA) is 49.4 Å². The Bertz CT molecular complexity index is 403. The maximum absolute atomic E-state index is 12.7. The second-order valence-electron chi connectivity index (χ2n) is 6.07. The standard InChI is InChI=1S/C15H24N2O2/c1-7-10(8-2)17-11(9-3)13(18)16-12(14(17)19)15(4,5)6/h1,10-12H,8-9H2,2-6H3,(H,16,18). The molecule has 1 rings (SSSR count). The minimum absolute atomic E-state index is 0.0660. The molecule has 1 heterocycles. The second-order valence-corrected chi connectivity index (χ2v) is 6.07. The van der Waals surface area contributed by atoms with Crippen molar-refractivity contribution in [2.45, 2.75) is 65.6 Å². The summed E-state index contributed by atoms with van der Waals surface area (Å²) in [5.41, 5.74) is -0.323. The molecule has 0 aromatic heterocycles. The van der Waals surface area contributed by atoms with Gasteiger partial charge in [0.1, 0.15) is 12.1 Å². The van der Waals surface area contributed by atoms with Gasteiger partial charge in [-0.05, 0) is 18.3 Å². The summed E-state index contributed by atoms with van der Waals surface area (Å²) in [6.45, 7) is 9.65. The second kappa shape index (κ2) is 5.64. The van der Waals surface area contributed by atoms with Crippen LogP contribution in [0, 0.1) is 17.8 Å². The lowest BCUT2D eigenvalue weighted by molar-refractivity contribution is -0.154. The maximum atomic E-state index is 12.7. The van der Waals surface area contributed by atoms with E-state index in [-0.39, 0.29) is 23.3 Å². The monoisotopic (exact) mass is 264 g/mol. The molecule has 4 heteroatoms. The quantitative estimate of drug-likeness (QED) is 0.786. The minimum atomic E-state index is -0.509. The summed E-state index contributed by atoms with van der Waals surface area (Å²) in [7, 11) is 0. The van der Waals surface area contributed by atoms with E-state index < -0.39 is 12.1 Å². The largest absolute Gasteiger partial charge is 0.342 e. The average Bonchev–Trinajstić information content (AvgIpc) is 2.33. The molecule has 1 aliphatic heterocycles. The first kappa shape index (κ1) is 15.6. The third-order valence-corrected chi connectivity index (χ3v) is 3.59. The summed E-state index contributed by atoms with van der Waals surface area (Å²) < 4.78 is 0. The van der Waals surface area contributed by atoms with Gasteiger partial charge in [-0.1, -0.05) is 40.5 Å². The molecule has 0 spiro atoms. The molecule has 0 radical (unpaired) electrons. The van der Waals surface area contributed by atoms with E-state index in [2.05, 4.69) is 11.2 Å². The molecule has 1 fully saturated rings. The smallest absolute Gasteiger partial charge is 0.247 e. The van der Waals surface area contributed by atoms with E-state index in [0.717, 1.165) is 0 Å². The van der Waals surface area contributed by atoms with Crippen LogP contribution in [-0.4, -0.2) is 34.8 Å². The molecule has 3 atom stereocenters. The van der Waals surface area contributed by atoms with Gasteiger partial charge in [-0.2, -0.15) is 0 Å². The number of hydrogen-bond acceptors (Lipinski definition) is 2. The Hall–Kier alpha value is -1.50. The van der Waals surface area contributed by atoms with Gasteiger partial charge in [0.25, 0.3) is 0 Å². The Kier molecular flexibility index (Phi) is 4.62. The average molecular weight is 264 g/mol. The van der Waals surface area contributed by atoms with Crippen molar-refractivity contribution < 1.29 is 9.59 Å². The van der Waals surface area contributed by atoms with Gasteiger partial charge in [-0.3, -0.25) is 9.59 Å². The van der Waals surface area contributed by atoms with Crippen LogP contribution in [0.5, 0.6) is 0 Å². The molecule has 0 saturated carbocycles. The van der Waals surface area contributed by atoms with E-state index in [0.29, 0.717) is 12.8 Å². The van der Waals surface area contributed by atoms with Crippen molar-refractivity contribution in [3.63, 3.8) is 0 Å². The van der Waals surface area contributed by atoms with Gasteiger partial charge >= 0.3 is 0 Å². The molecule has 0 aromatic rings. The van der Waals surface area contributed by atoms with Crippen LogP contribution >= 0.6 is 0 Å². The van der Waals surface area contributed by atoms with Crippen LogP contribution in [0.25, 0.3) is 0 Å². The molecule has 0 bridgehead atoms. The van der Waals surface area contributed by atoms with Crippen LogP contribution in [-0.2, 0) is 9.59 Å². The molecule has 3 unspecified atom stereocenters. The molecule has 106 valence electrons. The molecule has 1 saturated heterocycles. The SMILES string of the molecule is C#CC(CC)N1C(=O)C(C(C)(C)C)NC(=O)C1CC. The Morgan fingerprint density at radius 2 is 1.95 bits per heavy atom. The lowest BCUT2D eigenvalue weighted by Crippen LogP contribution is -2.68. The van der Waals surface area contributed by atoms with Crippen molar-refractivity contribution in [1.82, 2.24) is 10.2 Å². The fourth-order valence-electron chi connectivity index (χ4n) is 2.46. The predicted octanol–water partition coefficient (Wildman–Crippen LogP) is 1.55. The van der Waals surface area contributed by atoms with Gasteiger partial charge in [0.05, 0.1) is 6.04 Å². The summed E-state index contributed by atoms with van der Waals surface area (Å²) in [6, 6.07) is -1.27. The number of nitrogens with zero attached hydrogens (tertiary/aromatic N) is 1. The highest BCUT2D eigenvalue weighted by Gasteiger charge is 2.46. The molecule has 19 heavy (non-hydrogen) atoms. The lowest BCUT2D eigenvalue weighted by Gasteiger charge is -2.45. The van der Waals surface area contributed by atoms with Gasteiger partial charge in [0, 0.05) is 0 Å². The van der Waals surface area contributed by atoms with Gasteiger partial charge < -0.3 is 10.2 Å². The van der Waals surface area contributed by atoms with Crippen LogP contribution in [0.15, 0.2) is 0 Å². The first-order chi connectivity index (χ1) is 8.77. The van der Waals surface area contributed by atoms with E-state index >= 15 is 0 Å². The summed E-state index contributed by atoms with van der Waals surface area (Å²) in [4.78, 5) is 26.5.